The van der Waals surface area contributed by atoms with Crippen LogP contribution in [0.2, 0.25) is 0 Å². The minimum Gasteiger partial charge on any atom is -0.305 e. The molecule has 114 valence electrons. The molecule has 2 rings (SSSR count). The Morgan fingerprint density at radius 3 is 2.71 bits per heavy atom. The monoisotopic (exact) mass is 297 g/mol. The van der Waals surface area contributed by atoms with Gasteiger partial charge in [0.1, 0.15) is 11.5 Å². The van der Waals surface area contributed by atoms with Crippen LogP contribution < -0.4 is 5.32 Å². The predicted molar refractivity (Wildman–Crippen MR) is 73.3 cm³/mol. The van der Waals surface area contributed by atoms with Crippen molar-refractivity contribution in [2.75, 3.05) is 5.32 Å². The lowest BCUT2D eigenvalue weighted by atomic mass is 10.2. The van der Waals surface area contributed by atoms with Gasteiger partial charge in [-0.25, -0.2) is 13.5 Å². The van der Waals surface area contributed by atoms with Crippen LogP contribution in [0.5, 0.6) is 0 Å². The van der Waals surface area contributed by atoms with E-state index < -0.39 is 12.3 Å². The van der Waals surface area contributed by atoms with E-state index in [-0.39, 0.29) is 17.4 Å². The molecule has 2 heterocycles. The summed E-state index contributed by atoms with van der Waals surface area (Å²) in [6.45, 7) is 4.06. The molecule has 0 bridgehead atoms. The molecular formula is C13H17F2N5O. The number of hydrogen-bond donors (Lipinski definition) is 2. The molecule has 0 aromatic carbocycles. The number of amides is 1. The van der Waals surface area contributed by atoms with Gasteiger partial charge in [-0.2, -0.15) is 10.2 Å². The molecule has 6 nitrogen and oxygen atoms in total. The Hall–Kier alpha value is -2.25. The van der Waals surface area contributed by atoms with Crippen molar-refractivity contribution in [3.63, 3.8) is 0 Å². The van der Waals surface area contributed by atoms with Crippen LogP contribution in [0, 0.1) is 0 Å². The minimum atomic E-state index is -2.69. The maximum Gasteiger partial charge on any atom is 0.279 e. The van der Waals surface area contributed by atoms with Crippen molar-refractivity contribution in [3.8, 4) is 0 Å². The van der Waals surface area contributed by atoms with Crippen molar-refractivity contribution in [2.24, 2.45) is 0 Å². The van der Waals surface area contributed by atoms with Crippen molar-refractivity contribution in [2.45, 2.75) is 39.2 Å². The fraction of sp³-hybridized carbons (Fsp3) is 0.462. The maximum atomic E-state index is 12.5. The molecule has 21 heavy (non-hydrogen) atoms. The number of aromatic nitrogens is 4. The van der Waals surface area contributed by atoms with Gasteiger partial charge in [0.05, 0.1) is 12.2 Å². The van der Waals surface area contributed by atoms with Gasteiger partial charge in [0, 0.05) is 6.07 Å². The molecule has 0 aliphatic rings. The zero-order valence-corrected chi connectivity index (χ0v) is 11.8. The number of H-pyrrole nitrogens is 1. The molecule has 8 heteroatoms. The number of carbonyl (C=O) groups excluding carboxylic acids is 1. The second-order valence-corrected chi connectivity index (χ2v) is 4.59. The Labute approximate surface area is 120 Å². The second kappa shape index (κ2) is 6.47. The van der Waals surface area contributed by atoms with Crippen LogP contribution in [0.25, 0.3) is 0 Å². The molecule has 0 spiro atoms. The molecule has 0 saturated heterocycles. The van der Waals surface area contributed by atoms with Crippen LogP contribution in [-0.2, 0) is 0 Å². The first-order valence-electron chi connectivity index (χ1n) is 6.75. The average molecular weight is 297 g/mol. The predicted octanol–water partition coefficient (Wildman–Crippen LogP) is 3.16. The van der Waals surface area contributed by atoms with E-state index in [1.54, 1.807) is 16.9 Å². The second-order valence-electron chi connectivity index (χ2n) is 4.59. The topological polar surface area (TPSA) is 75.6 Å². The minimum absolute atomic E-state index is 0.0809. The normalized spacial score (nSPS) is 11.3. The van der Waals surface area contributed by atoms with E-state index in [1.807, 2.05) is 13.8 Å². The van der Waals surface area contributed by atoms with Gasteiger partial charge in [-0.1, -0.05) is 13.8 Å². The maximum absolute atomic E-state index is 12.5. The highest BCUT2D eigenvalue weighted by Crippen LogP contribution is 2.21. The summed E-state index contributed by atoms with van der Waals surface area (Å²) in [6, 6.07) is 2.88. The number of anilines is 1. The molecular weight excluding hydrogens is 280 g/mol. The molecule has 0 aliphatic heterocycles. The SMILES string of the molecule is CCC(CC)n1nccc1NC(=O)c1cc(C(F)F)[nH]n1. The van der Waals surface area contributed by atoms with Crippen LogP contribution in [0.3, 0.4) is 0 Å². The zero-order chi connectivity index (χ0) is 15.4. The third-order valence-corrected chi connectivity index (χ3v) is 3.27. The highest BCUT2D eigenvalue weighted by molar-refractivity contribution is 6.02. The van der Waals surface area contributed by atoms with Crippen molar-refractivity contribution >= 4 is 11.7 Å². The Kier molecular flexibility index (Phi) is 4.66. The van der Waals surface area contributed by atoms with Crippen LogP contribution >= 0.6 is 0 Å². The number of alkyl halides is 2. The Balaban J connectivity index is 2.14. The lowest BCUT2D eigenvalue weighted by Gasteiger charge is -2.16. The van der Waals surface area contributed by atoms with Gasteiger partial charge < -0.3 is 5.32 Å². The molecule has 2 aromatic heterocycles. The molecule has 0 saturated carbocycles. The Morgan fingerprint density at radius 2 is 2.14 bits per heavy atom. The molecule has 0 aliphatic carbocycles. The number of hydrogen-bond acceptors (Lipinski definition) is 3. The highest BCUT2D eigenvalue weighted by atomic mass is 19.3. The first-order chi connectivity index (χ1) is 10.1. The summed E-state index contributed by atoms with van der Waals surface area (Å²) in [5.41, 5.74) is -0.462. The van der Waals surface area contributed by atoms with Crippen LogP contribution in [-0.4, -0.2) is 25.9 Å². The van der Waals surface area contributed by atoms with E-state index in [0.717, 1.165) is 18.9 Å². The molecule has 2 aromatic rings. The molecule has 0 radical (unpaired) electrons. The molecule has 2 N–H and O–H groups in total. The Morgan fingerprint density at radius 1 is 1.43 bits per heavy atom. The summed E-state index contributed by atoms with van der Waals surface area (Å²) in [4.78, 5) is 12.0. The lowest BCUT2D eigenvalue weighted by molar-refractivity contribution is 0.102. The van der Waals surface area contributed by atoms with Crippen LogP contribution in [0.15, 0.2) is 18.3 Å². The van der Waals surface area contributed by atoms with E-state index in [2.05, 4.69) is 20.6 Å². The molecule has 0 unspecified atom stereocenters. The molecule has 0 atom stereocenters. The van der Waals surface area contributed by atoms with E-state index in [1.165, 1.54) is 0 Å². The Bertz CT molecular complexity index is 603. The van der Waals surface area contributed by atoms with Gasteiger partial charge in [-0.05, 0) is 18.9 Å². The number of halogens is 2. The summed E-state index contributed by atoms with van der Waals surface area (Å²) >= 11 is 0. The number of aromatic amines is 1. The molecule has 1 amide bonds. The fourth-order valence-electron chi connectivity index (χ4n) is 2.08. The van der Waals surface area contributed by atoms with Crippen LogP contribution in [0.4, 0.5) is 14.6 Å². The highest BCUT2D eigenvalue weighted by Gasteiger charge is 2.18. The summed E-state index contributed by atoms with van der Waals surface area (Å²) in [6.07, 6.45) is 0.648. The number of nitrogens with zero attached hydrogens (tertiary/aromatic N) is 3. The van der Waals surface area contributed by atoms with Gasteiger partial charge in [0.25, 0.3) is 12.3 Å². The van der Waals surface area contributed by atoms with Gasteiger partial charge in [0.15, 0.2) is 5.69 Å². The van der Waals surface area contributed by atoms with Gasteiger partial charge >= 0.3 is 0 Å². The third-order valence-electron chi connectivity index (χ3n) is 3.27. The third kappa shape index (κ3) is 3.26. The quantitative estimate of drug-likeness (QED) is 0.860. The van der Waals surface area contributed by atoms with E-state index >= 15 is 0 Å². The zero-order valence-electron chi connectivity index (χ0n) is 11.8. The number of rotatable bonds is 6. The summed E-state index contributed by atoms with van der Waals surface area (Å²) < 4.78 is 26.7. The van der Waals surface area contributed by atoms with Crippen molar-refractivity contribution in [1.82, 2.24) is 20.0 Å². The first-order valence-corrected chi connectivity index (χ1v) is 6.75. The largest absolute Gasteiger partial charge is 0.305 e. The first kappa shape index (κ1) is 15.1. The summed E-state index contributed by atoms with van der Waals surface area (Å²) in [7, 11) is 0. The van der Waals surface area contributed by atoms with E-state index in [4.69, 9.17) is 0 Å². The van der Waals surface area contributed by atoms with Crippen LogP contribution in [0.1, 0.15) is 55.3 Å². The average Bonchev–Trinajstić information content (AvgIpc) is 3.10. The summed E-state index contributed by atoms with van der Waals surface area (Å²) in [5, 5.41) is 12.6. The van der Waals surface area contributed by atoms with Crippen molar-refractivity contribution < 1.29 is 13.6 Å². The van der Waals surface area contributed by atoms with Gasteiger partial charge in [-0.15, -0.1) is 0 Å². The lowest BCUT2D eigenvalue weighted by Crippen LogP contribution is -2.18. The molecule has 0 fully saturated rings. The fourth-order valence-corrected chi connectivity index (χ4v) is 2.08. The van der Waals surface area contributed by atoms with Gasteiger partial charge in [-0.3, -0.25) is 9.89 Å². The standard InChI is InChI=1S/C13H17F2N5O/c1-3-8(4-2)20-11(5-6-16-20)17-13(21)10-7-9(12(14)15)18-19-10/h5-8,12H,3-4H2,1-2H3,(H,17,21)(H,18,19). The van der Waals surface area contributed by atoms with Gasteiger partial charge in [0.2, 0.25) is 0 Å². The number of nitrogens with one attached hydrogen (secondary N) is 2. The number of carbonyl (C=O) groups is 1. The van der Waals surface area contributed by atoms with E-state index in [0.29, 0.717) is 5.82 Å². The van der Waals surface area contributed by atoms with Crippen molar-refractivity contribution in [1.29, 1.82) is 0 Å². The summed E-state index contributed by atoms with van der Waals surface area (Å²) in [5.74, 6) is -0.0267. The smallest absolute Gasteiger partial charge is 0.279 e. The van der Waals surface area contributed by atoms with Crippen molar-refractivity contribution in [3.05, 3.63) is 29.7 Å². The van der Waals surface area contributed by atoms with E-state index in [9.17, 15) is 13.6 Å².